The van der Waals surface area contributed by atoms with Gasteiger partial charge in [0.2, 0.25) is 0 Å². The van der Waals surface area contributed by atoms with E-state index in [0.29, 0.717) is 0 Å². The van der Waals surface area contributed by atoms with Crippen LogP contribution in [0.25, 0.3) is 0 Å². The maximum atomic E-state index is 5.69. The van der Waals surface area contributed by atoms with Gasteiger partial charge in [-0.05, 0) is 25.5 Å². The third-order valence-corrected chi connectivity index (χ3v) is 3.15. The van der Waals surface area contributed by atoms with E-state index >= 15 is 0 Å². The molecule has 0 aliphatic carbocycles. The highest BCUT2D eigenvalue weighted by Crippen LogP contribution is 2.19. The van der Waals surface area contributed by atoms with E-state index in [9.17, 15) is 0 Å². The normalized spacial score (nSPS) is 12.1. The fourth-order valence-electron chi connectivity index (χ4n) is 1.12. The Morgan fingerprint density at radius 1 is 1.33 bits per heavy atom. The number of alkyl halides is 2. The van der Waals surface area contributed by atoms with Crippen LogP contribution in [0.3, 0.4) is 0 Å². The Labute approximate surface area is 106 Å². The lowest BCUT2D eigenvalue weighted by Gasteiger charge is -2.02. The summed E-state index contributed by atoms with van der Waals surface area (Å²) < 4.78 is 0. The molecule has 82 valence electrons. The number of thioether (sulfide) groups is 1. The van der Waals surface area contributed by atoms with Gasteiger partial charge in [-0.25, -0.2) is 0 Å². The van der Waals surface area contributed by atoms with Gasteiger partial charge >= 0.3 is 0 Å². The van der Waals surface area contributed by atoms with Crippen LogP contribution in [0.1, 0.15) is 13.3 Å². The van der Waals surface area contributed by atoms with Gasteiger partial charge in [-0.15, -0.1) is 35.0 Å². The topological polar surface area (TPSA) is 0 Å². The lowest BCUT2D eigenvalue weighted by atomic mass is 10.2. The van der Waals surface area contributed by atoms with Crippen LogP contribution in [0.15, 0.2) is 46.9 Å². The predicted molar refractivity (Wildman–Crippen MR) is 71.0 cm³/mol. The highest BCUT2D eigenvalue weighted by atomic mass is 35.5. The molecule has 0 heterocycles. The summed E-state index contributed by atoms with van der Waals surface area (Å²) in [5.41, 5.74) is 1.24. The third-order valence-electron chi connectivity index (χ3n) is 1.90. The quantitative estimate of drug-likeness (QED) is 0.412. The van der Waals surface area contributed by atoms with Crippen molar-refractivity contribution in [3.63, 3.8) is 0 Å². The van der Waals surface area contributed by atoms with Crippen LogP contribution >= 0.6 is 35.0 Å². The van der Waals surface area contributed by atoms with Gasteiger partial charge in [0.15, 0.2) is 0 Å². The van der Waals surface area contributed by atoms with Gasteiger partial charge in [-0.3, -0.25) is 0 Å². The predicted octanol–water partition coefficient (Wildman–Crippen LogP) is 4.92. The summed E-state index contributed by atoms with van der Waals surface area (Å²) in [6.45, 7) is 2.06. The van der Waals surface area contributed by atoms with Crippen molar-refractivity contribution in [2.45, 2.75) is 23.1 Å². The fourth-order valence-corrected chi connectivity index (χ4v) is 2.52. The second kappa shape index (κ2) is 7.21. The van der Waals surface area contributed by atoms with Gasteiger partial charge in [-0.1, -0.05) is 29.8 Å². The van der Waals surface area contributed by atoms with Crippen molar-refractivity contribution < 1.29 is 0 Å². The zero-order valence-electron chi connectivity index (χ0n) is 8.62. The molecule has 0 atom stereocenters. The number of hydrogen-bond acceptors (Lipinski definition) is 1. The molecule has 0 spiro atoms. The van der Waals surface area contributed by atoms with Gasteiger partial charge in [-0.2, -0.15) is 0 Å². The van der Waals surface area contributed by atoms with Gasteiger partial charge in [0.05, 0.1) is 0 Å². The minimum Gasteiger partial charge on any atom is -0.122 e. The molecule has 0 saturated carbocycles. The van der Waals surface area contributed by atoms with Crippen molar-refractivity contribution >= 4 is 35.0 Å². The van der Waals surface area contributed by atoms with Crippen molar-refractivity contribution in [1.82, 2.24) is 0 Å². The van der Waals surface area contributed by atoms with Crippen LogP contribution in [0.2, 0.25) is 0 Å². The fraction of sp³-hybridized carbons (Fsp3) is 0.333. The summed E-state index contributed by atoms with van der Waals surface area (Å²) in [5.74, 6) is 0.969. The van der Waals surface area contributed by atoms with Crippen LogP contribution in [0, 0.1) is 0 Å². The second-order valence-electron chi connectivity index (χ2n) is 3.27. The number of halogens is 2. The smallest absolute Gasteiger partial charge is 0.111 e. The summed E-state index contributed by atoms with van der Waals surface area (Å²) in [6, 6.07) is 10.3. The van der Waals surface area contributed by atoms with E-state index in [1.165, 1.54) is 10.5 Å². The molecule has 1 aromatic carbocycles. The van der Waals surface area contributed by atoms with Gasteiger partial charge < -0.3 is 0 Å². The Bertz CT molecular complexity index is 307. The molecule has 0 fully saturated rings. The molecule has 0 N–H and O–H groups in total. The summed E-state index contributed by atoms with van der Waals surface area (Å²) in [5, 5.41) is 0. The number of benzene rings is 1. The minimum absolute atomic E-state index is 0.289. The van der Waals surface area contributed by atoms with E-state index in [0.717, 1.165) is 12.2 Å². The number of hydrogen-bond donors (Lipinski definition) is 0. The first kappa shape index (κ1) is 13.0. The van der Waals surface area contributed by atoms with Crippen LogP contribution < -0.4 is 0 Å². The van der Waals surface area contributed by atoms with E-state index in [-0.39, 0.29) is 4.84 Å². The Morgan fingerprint density at radius 2 is 2.00 bits per heavy atom. The molecule has 0 radical (unpaired) electrons. The van der Waals surface area contributed by atoms with Crippen LogP contribution in [0.5, 0.6) is 0 Å². The molecule has 3 heteroatoms. The molecule has 0 saturated heterocycles. The SMILES string of the molecule is C/C(=C/CSc1ccccc1)CC(Cl)Cl. The average Bonchev–Trinajstić information content (AvgIpc) is 2.18. The minimum atomic E-state index is -0.289. The Hall–Kier alpha value is -0.110. The van der Waals surface area contributed by atoms with E-state index in [1.807, 2.05) is 30.0 Å². The van der Waals surface area contributed by atoms with E-state index in [4.69, 9.17) is 23.2 Å². The Balaban J connectivity index is 2.32. The molecule has 0 aliphatic rings. The zero-order valence-corrected chi connectivity index (χ0v) is 10.9. The monoisotopic (exact) mass is 260 g/mol. The standard InChI is InChI=1S/C12H14Cl2S/c1-10(9-12(13)14)7-8-15-11-5-3-2-4-6-11/h2-7,12H,8-9H2,1H3/b10-7-. The second-order valence-corrected chi connectivity index (χ2v) is 5.64. The van der Waals surface area contributed by atoms with Crippen molar-refractivity contribution in [2.24, 2.45) is 0 Å². The van der Waals surface area contributed by atoms with Crippen LogP contribution in [-0.2, 0) is 0 Å². The lowest BCUT2D eigenvalue weighted by Crippen LogP contribution is -1.88. The lowest BCUT2D eigenvalue weighted by molar-refractivity contribution is 1.05. The molecular formula is C12H14Cl2S. The summed E-state index contributed by atoms with van der Waals surface area (Å²) in [4.78, 5) is 0.998. The first-order valence-corrected chi connectivity index (χ1v) is 6.66. The molecule has 0 aromatic heterocycles. The van der Waals surface area contributed by atoms with E-state index in [2.05, 4.69) is 25.1 Å². The van der Waals surface area contributed by atoms with Crippen LogP contribution in [-0.4, -0.2) is 10.6 Å². The van der Waals surface area contributed by atoms with Crippen molar-refractivity contribution in [1.29, 1.82) is 0 Å². The molecule has 0 amide bonds. The first-order valence-electron chi connectivity index (χ1n) is 4.80. The molecule has 15 heavy (non-hydrogen) atoms. The maximum absolute atomic E-state index is 5.69. The Kier molecular flexibility index (Phi) is 6.23. The molecule has 0 unspecified atom stereocenters. The molecule has 1 aromatic rings. The van der Waals surface area contributed by atoms with Crippen LogP contribution in [0.4, 0.5) is 0 Å². The van der Waals surface area contributed by atoms with Gasteiger partial charge in [0.25, 0.3) is 0 Å². The molecule has 0 nitrogen and oxygen atoms in total. The molecule has 1 rings (SSSR count). The maximum Gasteiger partial charge on any atom is 0.111 e. The van der Waals surface area contributed by atoms with E-state index in [1.54, 1.807) is 0 Å². The number of allylic oxidation sites excluding steroid dienone is 1. The molecule has 0 bridgehead atoms. The average molecular weight is 261 g/mol. The van der Waals surface area contributed by atoms with Gasteiger partial charge in [0, 0.05) is 10.6 Å². The largest absolute Gasteiger partial charge is 0.122 e. The summed E-state index contributed by atoms with van der Waals surface area (Å²) >= 11 is 13.2. The molecular weight excluding hydrogens is 247 g/mol. The number of rotatable bonds is 5. The van der Waals surface area contributed by atoms with Crippen molar-refractivity contribution in [3.8, 4) is 0 Å². The third kappa shape index (κ3) is 6.14. The Morgan fingerprint density at radius 3 is 2.60 bits per heavy atom. The van der Waals surface area contributed by atoms with E-state index < -0.39 is 0 Å². The van der Waals surface area contributed by atoms with Gasteiger partial charge in [0.1, 0.15) is 4.84 Å². The zero-order chi connectivity index (χ0) is 11.1. The first-order chi connectivity index (χ1) is 7.18. The highest BCUT2D eigenvalue weighted by Gasteiger charge is 1.99. The highest BCUT2D eigenvalue weighted by molar-refractivity contribution is 7.99. The van der Waals surface area contributed by atoms with Crippen molar-refractivity contribution in [3.05, 3.63) is 42.0 Å². The summed E-state index contributed by atoms with van der Waals surface area (Å²) in [7, 11) is 0. The van der Waals surface area contributed by atoms with Crippen molar-refractivity contribution in [2.75, 3.05) is 5.75 Å². The molecule has 0 aliphatic heterocycles. The summed E-state index contributed by atoms with van der Waals surface area (Å²) in [6.07, 6.45) is 2.92.